The van der Waals surface area contributed by atoms with E-state index in [0.717, 1.165) is 16.1 Å². The maximum absolute atomic E-state index is 5.88. The van der Waals surface area contributed by atoms with E-state index in [1.165, 1.54) is 0 Å². The van der Waals surface area contributed by atoms with E-state index in [1.54, 1.807) is 0 Å². The number of hydrogen-bond acceptors (Lipinski definition) is 2. The van der Waals surface area contributed by atoms with Crippen LogP contribution in [0.1, 0.15) is 11.1 Å². The van der Waals surface area contributed by atoms with Crippen LogP contribution >= 0.6 is 11.6 Å². The highest BCUT2D eigenvalue weighted by molar-refractivity contribution is 6.31. The van der Waals surface area contributed by atoms with Crippen LogP contribution in [-0.2, 0) is 11.3 Å². The third-order valence-corrected chi connectivity index (χ3v) is 2.18. The summed E-state index contributed by atoms with van der Waals surface area (Å²) in [7, 11) is 0. The second-order valence-electron chi connectivity index (χ2n) is 2.92. The van der Waals surface area contributed by atoms with Gasteiger partial charge < -0.3 is 10.5 Å². The summed E-state index contributed by atoms with van der Waals surface area (Å²) >= 11 is 5.88. The lowest BCUT2D eigenvalue weighted by Crippen LogP contribution is -2.08. The molecule has 1 aromatic carbocycles. The molecule has 2 nitrogen and oxygen atoms in total. The van der Waals surface area contributed by atoms with Gasteiger partial charge in [-0.2, -0.15) is 0 Å². The van der Waals surface area contributed by atoms with E-state index >= 15 is 0 Å². The molecular formula is C10H14ClNO. The van der Waals surface area contributed by atoms with Crippen molar-refractivity contribution in [3.63, 3.8) is 0 Å². The summed E-state index contributed by atoms with van der Waals surface area (Å²) in [5, 5.41) is 0.794. The Kier molecular flexibility index (Phi) is 4.22. The highest BCUT2D eigenvalue weighted by atomic mass is 35.5. The topological polar surface area (TPSA) is 35.2 Å². The normalized spacial score (nSPS) is 10.4. The molecule has 0 radical (unpaired) electrons. The SMILES string of the molecule is Cc1cc(COCCN)ccc1Cl. The Morgan fingerprint density at radius 3 is 2.85 bits per heavy atom. The molecule has 0 amide bonds. The van der Waals surface area contributed by atoms with Gasteiger partial charge in [0.05, 0.1) is 13.2 Å². The van der Waals surface area contributed by atoms with E-state index in [-0.39, 0.29) is 0 Å². The summed E-state index contributed by atoms with van der Waals surface area (Å²) < 4.78 is 5.30. The van der Waals surface area contributed by atoms with Crippen molar-refractivity contribution in [3.8, 4) is 0 Å². The third-order valence-electron chi connectivity index (χ3n) is 1.75. The van der Waals surface area contributed by atoms with Gasteiger partial charge in [0.1, 0.15) is 0 Å². The van der Waals surface area contributed by atoms with Crippen molar-refractivity contribution in [1.82, 2.24) is 0 Å². The number of aryl methyl sites for hydroxylation is 1. The second kappa shape index (κ2) is 5.22. The summed E-state index contributed by atoms with van der Waals surface area (Å²) in [5.74, 6) is 0. The standard InChI is InChI=1S/C10H14ClNO/c1-8-6-9(2-3-10(8)11)7-13-5-4-12/h2-3,6H,4-5,7,12H2,1H3. The zero-order valence-corrected chi connectivity index (χ0v) is 8.47. The minimum absolute atomic E-state index is 0.562. The summed E-state index contributed by atoms with van der Waals surface area (Å²) in [6.45, 7) is 3.75. The van der Waals surface area contributed by atoms with E-state index in [1.807, 2.05) is 25.1 Å². The fourth-order valence-electron chi connectivity index (χ4n) is 1.07. The van der Waals surface area contributed by atoms with Gasteiger partial charge in [-0.15, -0.1) is 0 Å². The Morgan fingerprint density at radius 2 is 2.23 bits per heavy atom. The minimum Gasteiger partial charge on any atom is -0.375 e. The van der Waals surface area contributed by atoms with E-state index in [9.17, 15) is 0 Å². The second-order valence-corrected chi connectivity index (χ2v) is 3.33. The van der Waals surface area contributed by atoms with E-state index in [2.05, 4.69) is 0 Å². The predicted octanol–water partition coefficient (Wildman–Crippen LogP) is 2.12. The Labute approximate surface area is 83.6 Å². The molecule has 0 spiro atoms. The first-order valence-electron chi connectivity index (χ1n) is 4.27. The van der Waals surface area contributed by atoms with E-state index < -0.39 is 0 Å². The van der Waals surface area contributed by atoms with Gasteiger partial charge in [-0.3, -0.25) is 0 Å². The highest BCUT2D eigenvalue weighted by Crippen LogP contribution is 2.16. The number of nitrogens with two attached hydrogens (primary N) is 1. The molecule has 0 unspecified atom stereocenters. The molecule has 0 aliphatic heterocycles. The number of rotatable bonds is 4. The summed E-state index contributed by atoms with van der Waals surface area (Å²) in [6.07, 6.45) is 0. The molecule has 13 heavy (non-hydrogen) atoms. The Hall–Kier alpha value is -0.570. The van der Waals surface area contributed by atoms with Gasteiger partial charge in [-0.25, -0.2) is 0 Å². The van der Waals surface area contributed by atoms with Gasteiger partial charge in [0.2, 0.25) is 0 Å². The molecule has 0 saturated heterocycles. The molecule has 0 atom stereocenters. The van der Waals surface area contributed by atoms with Crippen molar-refractivity contribution in [1.29, 1.82) is 0 Å². The van der Waals surface area contributed by atoms with Crippen molar-refractivity contribution in [2.75, 3.05) is 13.2 Å². The summed E-state index contributed by atoms with van der Waals surface area (Å²) in [4.78, 5) is 0. The smallest absolute Gasteiger partial charge is 0.0717 e. The largest absolute Gasteiger partial charge is 0.375 e. The van der Waals surface area contributed by atoms with Gasteiger partial charge in [-0.05, 0) is 24.1 Å². The molecule has 0 fully saturated rings. The molecule has 2 N–H and O–H groups in total. The molecule has 0 saturated carbocycles. The van der Waals surface area contributed by atoms with Crippen LogP contribution in [0.3, 0.4) is 0 Å². The monoisotopic (exact) mass is 199 g/mol. The van der Waals surface area contributed by atoms with Gasteiger partial charge in [0.25, 0.3) is 0 Å². The van der Waals surface area contributed by atoms with E-state index in [4.69, 9.17) is 22.1 Å². The summed E-state index contributed by atoms with van der Waals surface area (Å²) in [5.41, 5.74) is 7.51. The molecule has 72 valence electrons. The highest BCUT2D eigenvalue weighted by Gasteiger charge is 1.97. The van der Waals surface area contributed by atoms with E-state index in [0.29, 0.717) is 19.8 Å². The van der Waals surface area contributed by atoms with Crippen LogP contribution in [0, 0.1) is 6.92 Å². The molecule has 0 aromatic heterocycles. The van der Waals surface area contributed by atoms with Crippen LogP contribution in [-0.4, -0.2) is 13.2 Å². The van der Waals surface area contributed by atoms with Crippen LogP contribution in [0.2, 0.25) is 5.02 Å². The fraction of sp³-hybridized carbons (Fsp3) is 0.400. The zero-order chi connectivity index (χ0) is 9.68. The molecule has 3 heteroatoms. The van der Waals surface area contributed by atoms with Crippen molar-refractivity contribution >= 4 is 11.6 Å². The Morgan fingerprint density at radius 1 is 1.46 bits per heavy atom. The zero-order valence-electron chi connectivity index (χ0n) is 7.72. The van der Waals surface area contributed by atoms with Crippen molar-refractivity contribution in [2.24, 2.45) is 5.73 Å². The molecular weight excluding hydrogens is 186 g/mol. The fourth-order valence-corrected chi connectivity index (χ4v) is 1.19. The van der Waals surface area contributed by atoms with Crippen LogP contribution in [0.4, 0.5) is 0 Å². The van der Waals surface area contributed by atoms with Gasteiger partial charge in [0, 0.05) is 11.6 Å². The molecule has 1 aromatic rings. The molecule has 0 aliphatic rings. The summed E-state index contributed by atoms with van der Waals surface area (Å²) in [6, 6.07) is 5.88. The number of ether oxygens (including phenoxy) is 1. The first-order valence-corrected chi connectivity index (χ1v) is 4.64. The molecule has 0 bridgehead atoms. The van der Waals surface area contributed by atoms with Gasteiger partial charge in [0.15, 0.2) is 0 Å². The van der Waals surface area contributed by atoms with Crippen LogP contribution in [0.25, 0.3) is 0 Å². The quantitative estimate of drug-likeness (QED) is 0.755. The van der Waals surface area contributed by atoms with Gasteiger partial charge in [-0.1, -0.05) is 23.7 Å². The lowest BCUT2D eigenvalue weighted by Gasteiger charge is -2.04. The molecule has 1 rings (SSSR count). The van der Waals surface area contributed by atoms with Gasteiger partial charge >= 0.3 is 0 Å². The van der Waals surface area contributed by atoms with Crippen molar-refractivity contribution in [2.45, 2.75) is 13.5 Å². The lowest BCUT2D eigenvalue weighted by molar-refractivity contribution is 0.128. The first-order chi connectivity index (χ1) is 6.24. The Bertz CT molecular complexity index is 276. The minimum atomic E-state index is 0.562. The first kappa shape index (κ1) is 10.5. The predicted molar refractivity (Wildman–Crippen MR) is 54.9 cm³/mol. The maximum Gasteiger partial charge on any atom is 0.0717 e. The molecule has 0 aliphatic carbocycles. The third kappa shape index (κ3) is 3.35. The van der Waals surface area contributed by atoms with Crippen LogP contribution in [0.5, 0.6) is 0 Å². The lowest BCUT2D eigenvalue weighted by atomic mass is 10.1. The Balaban J connectivity index is 2.53. The molecule has 0 heterocycles. The number of hydrogen-bond donors (Lipinski definition) is 1. The average molecular weight is 200 g/mol. The van der Waals surface area contributed by atoms with Crippen LogP contribution in [0.15, 0.2) is 18.2 Å². The number of benzene rings is 1. The van der Waals surface area contributed by atoms with Crippen LogP contribution < -0.4 is 5.73 Å². The maximum atomic E-state index is 5.88. The average Bonchev–Trinajstić information content (AvgIpc) is 2.12. The number of halogens is 1. The van der Waals surface area contributed by atoms with Crippen molar-refractivity contribution < 1.29 is 4.74 Å². The van der Waals surface area contributed by atoms with Crippen molar-refractivity contribution in [3.05, 3.63) is 34.3 Å².